The van der Waals surface area contributed by atoms with Gasteiger partial charge in [-0.2, -0.15) is 0 Å². The fourth-order valence-corrected chi connectivity index (χ4v) is 0.668. The first kappa shape index (κ1) is 11.2. The minimum Gasteiger partial charge on any atom is -0.366 e. The van der Waals surface area contributed by atoms with Crippen molar-refractivity contribution in [2.24, 2.45) is 5.73 Å². The van der Waals surface area contributed by atoms with Crippen molar-refractivity contribution in [2.75, 3.05) is 21.1 Å². The fraction of sp³-hybridized carbons (Fsp3) is 0.667. The van der Waals surface area contributed by atoms with Crippen LogP contribution < -0.4 is 5.73 Å². The minimum absolute atomic E-state index is 0.303. The maximum absolute atomic E-state index is 10.7. The number of amides is 1. The van der Waals surface area contributed by atoms with E-state index >= 15 is 0 Å². The normalized spacial score (nSPS) is 15.9. The Morgan fingerprint density at radius 2 is 1.83 bits per heavy atom. The molecule has 1 amide bonds. The van der Waals surface area contributed by atoms with E-state index in [4.69, 9.17) is 5.73 Å². The Morgan fingerprint density at radius 3 is 2.08 bits per heavy atom. The van der Waals surface area contributed by atoms with Crippen LogP contribution in [0.2, 0.25) is 0 Å². The molecular weight excluding hydrogens is 152 g/mol. The largest absolute Gasteiger partial charge is 0.366 e. The molecule has 0 aromatic carbocycles. The van der Waals surface area contributed by atoms with Crippen LogP contribution in [0.1, 0.15) is 13.8 Å². The fourth-order valence-electron chi connectivity index (χ4n) is 0.668. The van der Waals surface area contributed by atoms with E-state index in [2.05, 4.69) is 28.1 Å². The lowest BCUT2D eigenvalue weighted by Gasteiger charge is -2.29. The highest BCUT2D eigenvalue weighted by Gasteiger charge is 2.16. The molecule has 3 nitrogen and oxygen atoms in total. The van der Waals surface area contributed by atoms with E-state index < -0.39 is 0 Å². The van der Waals surface area contributed by atoms with Gasteiger partial charge in [-0.25, -0.2) is 0 Å². The molecule has 0 fully saturated rings. The summed E-state index contributed by atoms with van der Waals surface area (Å²) in [6.07, 6.45) is 1.91. The van der Waals surface area contributed by atoms with Crippen molar-refractivity contribution in [3.8, 4) is 0 Å². The Hall–Kier alpha value is -0.830. The molecule has 0 radical (unpaired) electrons. The van der Waals surface area contributed by atoms with Crippen LogP contribution in [0.5, 0.6) is 0 Å². The lowest BCUT2D eigenvalue weighted by molar-refractivity contribution is -0.887. The van der Waals surface area contributed by atoms with Crippen molar-refractivity contribution in [1.82, 2.24) is 0 Å². The molecule has 0 saturated carbocycles. The van der Waals surface area contributed by atoms with Crippen molar-refractivity contribution < 1.29 is 9.28 Å². The Balaban J connectivity index is 4.44. The monoisotopic (exact) mass is 171 g/mol. The zero-order valence-corrected chi connectivity index (χ0v) is 8.59. The summed E-state index contributed by atoms with van der Waals surface area (Å²) in [5, 5.41) is 0. The number of primary amides is 1. The Labute approximate surface area is 74.4 Å². The smallest absolute Gasteiger partial charge is 0.244 e. The van der Waals surface area contributed by atoms with E-state index in [1.54, 1.807) is 6.92 Å². The molecule has 0 heterocycles. The lowest BCUT2D eigenvalue weighted by Crippen LogP contribution is -2.42. The number of hydrogen-bond donors (Lipinski definition) is 1. The predicted octanol–water partition coefficient (Wildman–Crippen LogP) is 0.513. The van der Waals surface area contributed by atoms with Crippen molar-refractivity contribution >= 4 is 5.91 Å². The maximum Gasteiger partial charge on any atom is 0.244 e. The van der Waals surface area contributed by atoms with Gasteiger partial charge in [0.1, 0.15) is 6.04 Å². The number of rotatable bonds is 3. The van der Waals surface area contributed by atoms with Crippen molar-refractivity contribution in [1.29, 1.82) is 0 Å². The number of hydrogen-bond acceptors (Lipinski definition) is 1. The third-order valence-corrected chi connectivity index (χ3v) is 2.10. The first-order chi connectivity index (χ1) is 5.25. The summed E-state index contributed by atoms with van der Waals surface area (Å²) in [6, 6.07) is 0.303. The first-order valence-electron chi connectivity index (χ1n) is 4.04. The van der Waals surface area contributed by atoms with Gasteiger partial charge in [0.05, 0.1) is 21.1 Å². The summed E-state index contributed by atoms with van der Waals surface area (Å²) in [5.41, 5.74) is 5.75. The van der Waals surface area contributed by atoms with E-state index in [0.29, 0.717) is 11.6 Å². The van der Waals surface area contributed by atoms with E-state index in [9.17, 15) is 4.79 Å². The van der Waals surface area contributed by atoms with Crippen molar-refractivity contribution in [2.45, 2.75) is 19.9 Å². The standard InChI is InChI=1S/C9H18N2O/c1-7(9(10)12)6-8(2)11(3,4)5/h6,8H,1-5H3,(H-,10,12)/p+1. The number of carbonyl (C=O) groups is 1. The molecule has 12 heavy (non-hydrogen) atoms. The van der Waals surface area contributed by atoms with Gasteiger partial charge >= 0.3 is 0 Å². The molecule has 0 bridgehead atoms. The van der Waals surface area contributed by atoms with Crippen LogP contribution in [0.3, 0.4) is 0 Å². The average Bonchev–Trinajstić information content (AvgIpc) is 1.85. The number of nitrogens with two attached hydrogens (primary N) is 1. The Kier molecular flexibility index (Phi) is 3.46. The molecule has 70 valence electrons. The van der Waals surface area contributed by atoms with Crippen LogP contribution in [-0.2, 0) is 4.79 Å². The summed E-state index contributed by atoms with van der Waals surface area (Å²) < 4.78 is 0.796. The summed E-state index contributed by atoms with van der Waals surface area (Å²) >= 11 is 0. The third-order valence-electron chi connectivity index (χ3n) is 2.10. The highest BCUT2D eigenvalue weighted by Crippen LogP contribution is 2.06. The summed E-state index contributed by atoms with van der Waals surface area (Å²) in [5.74, 6) is -0.338. The number of quaternary nitrogens is 1. The van der Waals surface area contributed by atoms with Crippen LogP contribution in [0.15, 0.2) is 11.6 Å². The van der Waals surface area contributed by atoms with Crippen LogP contribution >= 0.6 is 0 Å². The molecule has 0 aliphatic rings. The summed E-state index contributed by atoms with van der Waals surface area (Å²) in [6.45, 7) is 3.81. The predicted molar refractivity (Wildman–Crippen MR) is 50.4 cm³/mol. The zero-order chi connectivity index (χ0) is 9.94. The van der Waals surface area contributed by atoms with E-state index in [0.717, 1.165) is 4.48 Å². The maximum atomic E-state index is 10.7. The second-order valence-corrected chi connectivity index (χ2v) is 4.07. The summed E-state index contributed by atoms with van der Waals surface area (Å²) in [7, 11) is 6.24. The quantitative estimate of drug-likeness (QED) is 0.488. The molecule has 0 aliphatic heterocycles. The topological polar surface area (TPSA) is 43.1 Å². The van der Waals surface area contributed by atoms with Crippen LogP contribution in [0.4, 0.5) is 0 Å². The van der Waals surface area contributed by atoms with Crippen LogP contribution in [0, 0.1) is 0 Å². The molecule has 3 heteroatoms. The van der Waals surface area contributed by atoms with Crippen LogP contribution in [0.25, 0.3) is 0 Å². The average molecular weight is 171 g/mol. The molecule has 0 rings (SSSR count). The molecule has 2 N–H and O–H groups in total. The van der Waals surface area contributed by atoms with Gasteiger partial charge in [0, 0.05) is 5.57 Å². The van der Waals surface area contributed by atoms with Gasteiger partial charge in [-0.1, -0.05) is 0 Å². The summed E-state index contributed by atoms with van der Waals surface area (Å²) in [4.78, 5) is 10.7. The second-order valence-electron chi connectivity index (χ2n) is 4.07. The third kappa shape index (κ3) is 3.53. The number of likely N-dealkylation sites (N-methyl/N-ethyl adjacent to an activating group) is 1. The van der Waals surface area contributed by atoms with E-state index in [-0.39, 0.29) is 5.91 Å². The molecule has 0 spiro atoms. The molecule has 0 aliphatic carbocycles. The number of nitrogens with zero attached hydrogens (tertiary/aromatic N) is 1. The van der Waals surface area contributed by atoms with Gasteiger partial charge in [-0.15, -0.1) is 0 Å². The highest BCUT2D eigenvalue weighted by atomic mass is 16.1. The van der Waals surface area contributed by atoms with Gasteiger partial charge in [0.2, 0.25) is 5.91 Å². The molecule has 0 saturated heterocycles. The lowest BCUT2D eigenvalue weighted by atomic mass is 10.1. The van der Waals surface area contributed by atoms with Gasteiger partial charge in [0.25, 0.3) is 0 Å². The molecule has 1 unspecified atom stereocenters. The highest BCUT2D eigenvalue weighted by molar-refractivity contribution is 5.91. The van der Waals surface area contributed by atoms with E-state index in [1.807, 2.05) is 6.08 Å². The Bertz CT molecular complexity index is 201. The Morgan fingerprint density at radius 1 is 1.42 bits per heavy atom. The van der Waals surface area contributed by atoms with Gasteiger partial charge in [-0.3, -0.25) is 4.79 Å². The van der Waals surface area contributed by atoms with Crippen LogP contribution in [-0.4, -0.2) is 37.6 Å². The first-order valence-corrected chi connectivity index (χ1v) is 4.04. The second kappa shape index (κ2) is 3.72. The number of carbonyl (C=O) groups excluding carboxylic acids is 1. The molecule has 0 aromatic rings. The molecule has 1 atom stereocenters. The molecular formula is C9H19N2O+. The molecule has 0 aromatic heterocycles. The van der Waals surface area contributed by atoms with Gasteiger partial charge in [-0.05, 0) is 19.9 Å². The SMILES string of the molecule is CC(=CC(C)[N+](C)(C)C)C(N)=O. The van der Waals surface area contributed by atoms with E-state index in [1.165, 1.54) is 0 Å². The minimum atomic E-state index is -0.338. The zero-order valence-electron chi connectivity index (χ0n) is 8.59. The van der Waals surface area contributed by atoms with Crippen molar-refractivity contribution in [3.05, 3.63) is 11.6 Å². The van der Waals surface area contributed by atoms with Crippen molar-refractivity contribution in [3.63, 3.8) is 0 Å². The van der Waals surface area contributed by atoms with Gasteiger partial charge < -0.3 is 10.2 Å². The van der Waals surface area contributed by atoms with Gasteiger partial charge in [0.15, 0.2) is 0 Å².